The Kier molecular flexibility index (Phi) is 3.58. The molecule has 0 spiro atoms. The normalized spacial score (nSPS) is 26.6. The van der Waals surface area contributed by atoms with Gasteiger partial charge in [-0.3, -0.25) is 4.90 Å². The SMILES string of the molecule is CC1(C)CC(N2CCNCC2)c2cc(Br)ccc2O1. The quantitative estimate of drug-likeness (QED) is 0.859. The molecule has 1 saturated heterocycles. The molecule has 104 valence electrons. The summed E-state index contributed by atoms with van der Waals surface area (Å²) in [6, 6.07) is 6.85. The van der Waals surface area contributed by atoms with E-state index in [0.29, 0.717) is 6.04 Å². The third-order valence-corrected chi connectivity index (χ3v) is 4.49. The second-order valence-electron chi connectivity index (χ2n) is 6.05. The average molecular weight is 325 g/mol. The van der Waals surface area contributed by atoms with Crippen molar-refractivity contribution in [1.82, 2.24) is 10.2 Å². The summed E-state index contributed by atoms with van der Waals surface area (Å²) < 4.78 is 7.27. The zero-order chi connectivity index (χ0) is 13.5. The number of hydrogen-bond acceptors (Lipinski definition) is 3. The first-order valence-corrected chi connectivity index (χ1v) is 7.78. The number of halogens is 1. The highest BCUT2D eigenvalue weighted by Gasteiger charge is 2.37. The molecular formula is C15H21BrN2O. The van der Waals surface area contributed by atoms with E-state index < -0.39 is 0 Å². The summed E-state index contributed by atoms with van der Waals surface area (Å²) in [5.74, 6) is 1.04. The highest BCUT2D eigenvalue weighted by atomic mass is 79.9. The maximum atomic E-state index is 6.13. The number of nitrogens with zero attached hydrogens (tertiary/aromatic N) is 1. The van der Waals surface area contributed by atoms with Crippen LogP contribution in [0.4, 0.5) is 0 Å². The van der Waals surface area contributed by atoms with Crippen LogP contribution in [0.5, 0.6) is 5.75 Å². The van der Waals surface area contributed by atoms with Gasteiger partial charge in [0.25, 0.3) is 0 Å². The minimum Gasteiger partial charge on any atom is -0.487 e. The molecule has 0 aliphatic carbocycles. The fourth-order valence-electron chi connectivity index (χ4n) is 3.11. The van der Waals surface area contributed by atoms with Gasteiger partial charge in [0.1, 0.15) is 11.4 Å². The Bertz CT molecular complexity index is 469. The Morgan fingerprint density at radius 1 is 1.32 bits per heavy atom. The van der Waals surface area contributed by atoms with Crippen LogP contribution >= 0.6 is 15.9 Å². The topological polar surface area (TPSA) is 24.5 Å². The van der Waals surface area contributed by atoms with Crippen LogP contribution in [0.3, 0.4) is 0 Å². The van der Waals surface area contributed by atoms with Crippen molar-refractivity contribution in [2.75, 3.05) is 26.2 Å². The van der Waals surface area contributed by atoms with E-state index in [1.54, 1.807) is 0 Å². The van der Waals surface area contributed by atoms with Crippen molar-refractivity contribution in [2.24, 2.45) is 0 Å². The zero-order valence-corrected chi connectivity index (χ0v) is 13.2. The summed E-state index contributed by atoms with van der Waals surface area (Å²) in [6.07, 6.45) is 1.05. The molecule has 0 radical (unpaired) electrons. The molecular weight excluding hydrogens is 304 g/mol. The van der Waals surface area contributed by atoms with Crippen molar-refractivity contribution < 1.29 is 4.74 Å². The van der Waals surface area contributed by atoms with E-state index in [4.69, 9.17) is 4.74 Å². The maximum Gasteiger partial charge on any atom is 0.124 e. The molecule has 19 heavy (non-hydrogen) atoms. The van der Waals surface area contributed by atoms with Crippen molar-refractivity contribution >= 4 is 15.9 Å². The Hall–Kier alpha value is -0.580. The molecule has 0 aromatic heterocycles. The van der Waals surface area contributed by atoms with Crippen LogP contribution in [0, 0.1) is 0 Å². The van der Waals surface area contributed by atoms with Gasteiger partial charge >= 0.3 is 0 Å². The van der Waals surface area contributed by atoms with Gasteiger partial charge in [-0.15, -0.1) is 0 Å². The van der Waals surface area contributed by atoms with Gasteiger partial charge < -0.3 is 10.1 Å². The van der Waals surface area contributed by atoms with Gasteiger partial charge in [0.05, 0.1) is 0 Å². The first kappa shape index (κ1) is 13.4. The van der Waals surface area contributed by atoms with Gasteiger partial charge in [0, 0.05) is 48.7 Å². The number of ether oxygens (including phenoxy) is 1. The van der Waals surface area contributed by atoms with E-state index >= 15 is 0 Å². The Balaban J connectivity index is 1.96. The van der Waals surface area contributed by atoms with E-state index in [1.165, 1.54) is 5.56 Å². The number of piperazine rings is 1. The second-order valence-corrected chi connectivity index (χ2v) is 6.97. The number of hydrogen-bond donors (Lipinski definition) is 1. The largest absolute Gasteiger partial charge is 0.487 e. The molecule has 1 N–H and O–H groups in total. The molecule has 3 nitrogen and oxygen atoms in total. The summed E-state index contributed by atoms with van der Waals surface area (Å²) >= 11 is 3.58. The molecule has 2 aliphatic rings. The van der Waals surface area contributed by atoms with Gasteiger partial charge in [-0.2, -0.15) is 0 Å². The summed E-state index contributed by atoms with van der Waals surface area (Å²) in [5.41, 5.74) is 1.24. The van der Waals surface area contributed by atoms with Crippen molar-refractivity contribution in [2.45, 2.75) is 31.9 Å². The van der Waals surface area contributed by atoms with Crippen LogP contribution in [0.2, 0.25) is 0 Å². The van der Waals surface area contributed by atoms with Gasteiger partial charge in [-0.25, -0.2) is 0 Å². The molecule has 1 fully saturated rings. The molecule has 1 atom stereocenters. The van der Waals surface area contributed by atoms with Gasteiger partial charge in [-0.1, -0.05) is 15.9 Å². The predicted molar refractivity (Wildman–Crippen MR) is 80.6 cm³/mol. The lowest BCUT2D eigenvalue weighted by Gasteiger charge is -2.44. The van der Waals surface area contributed by atoms with E-state index in [2.05, 4.69) is 58.2 Å². The zero-order valence-electron chi connectivity index (χ0n) is 11.6. The molecule has 1 aromatic rings. The van der Waals surface area contributed by atoms with Crippen molar-refractivity contribution in [3.05, 3.63) is 28.2 Å². The van der Waals surface area contributed by atoms with E-state index in [0.717, 1.165) is 42.8 Å². The number of rotatable bonds is 1. The fourth-order valence-corrected chi connectivity index (χ4v) is 3.49. The summed E-state index contributed by atoms with van der Waals surface area (Å²) in [6.45, 7) is 8.78. The second kappa shape index (κ2) is 5.08. The lowest BCUT2D eigenvalue weighted by atomic mass is 9.88. The minimum atomic E-state index is -0.0869. The van der Waals surface area contributed by atoms with Crippen molar-refractivity contribution in [3.63, 3.8) is 0 Å². The first-order chi connectivity index (χ1) is 9.05. The van der Waals surface area contributed by atoms with Gasteiger partial charge in [-0.05, 0) is 32.0 Å². The number of benzene rings is 1. The average Bonchev–Trinajstić information content (AvgIpc) is 2.39. The van der Waals surface area contributed by atoms with Crippen LogP contribution in [0.25, 0.3) is 0 Å². The summed E-state index contributed by atoms with van der Waals surface area (Å²) in [5, 5.41) is 3.43. The lowest BCUT2D eigenvalue weighted by Crippen LogP contribution is -2.48. The summed E-state index contributed by atoms with van der Waals surface area (Å²) in [4.78, 5) is 2.59. The molecule has 2 heterocycles. The van der Waals surface area contributed by atoms with Crippen LogP contribution in [0.15, 0.2) is 22.7 Å². The summed E-state index contributed by atoms with van der Waals surface area (Å²) in [7, 11) is 0. The Morgan fingerprint density at radius 3 is 2.79 bits per heavy atom. The third-order valence-electron chi connectivity index (χ3n) is 3.99. The molecule has 4 heteroatoms. The van der Waals surface area contributed by atoms with Crippen LogP contribution in [0.1, 0.15) is 31.9 Å². The number of nitrogens with one attached hydrogen (secondary N) is 1. The van der Waals surface area contributed by atoms with E-state index in [-0.39, 0.29) is 5.60 Å². The predicted octanol–water partition coefficient (Wildman–Crippen LogP) is 2.96. The van der Waals surface area contributed by atoms with Crippen LogP contribution in [-0.4, -0.2) is 36.7 Å². The smallest absolute Gasteiger partial charge is 0.124 e. The monoisotopic (exact) mass is 324 g/mol. The molecule has 0 bridgehead atoms. The molecule has 0 amide bonds. The van der Waals surface area contributed by atoms with Crippen LogP contribution in [-0.2, 0) is 0 Å². The van der Waals surface area contributed by atoms with Crippen molar-refractivity contribution in [1.29, 1.82) is 0 Å². The van der Waals surface area contributed by atoms with E-state index in [1.807, 2.05) is 0 Å². The highest BCUT2D eigenvalue weighted by molar-refractivity contribution is 9.10. The third kappa shape index (κ3) is 2.81. The highest BCUT2D eigenvalue weighted by Crippen LogP contribution is 2.43. The van der Waals surface area contributed by atoms with Crippen LogP contribution < -0.4 is 10.1 Å². The Labute approximate surface area is 123 Å². The molecule has 1 unspecified atom stereocenters. The fraction of sp³-hybridized carbons (Fsp3) is 0.600. The molecule has 1 aromatic carbocycles. The van der Waals surface area contributed by atoms with Gasteiger partial charge in [0.2, 0.25) is 0 Å². The lowest BCUT2D eigenvalue weighted by molar-refractivity contribution is 0.0259. The molecule has 2 aliphatic heterocycles. The first-order valence-electron chi connectivity index (χ1n) is 6.98. The maximum absolute atomic E-state index is 6.13. The van der Waals surface area contributed by atoms with Crippen molar-refractivity contribution in [3.8, 4) is 5.75 Å². The Morgan fingerprint density at radius 2 is 2.05 bits per heavy atom. The van der Waals surface area contributed by atoms with Gasteiger partial charge in [0.15, 0.2) is 0 Å². The minimum absolute atomic E-state index is 0.0869. The molecule has 0 saturated carbocycles. The number of fused-ring (bicyclic) bond motifs is 1. The standard InChI is InChI=1S/C15H21BrN2O/c1-15(2)10-13(18-7-5-17-6-8-18)12-9-11(16)3-4-14(12)19-15/h3-4,9,13,17H,5-8,10H2,1-2H3. The van der Waals surface area contributed by atoms with E-state index in [9.17, 15) is 0 Å². The molecule has 3 rings (SSSR count).